The summed E-state index contributed by atoms with van der Waals surface area (Å²) in [6, 6.07) is 12.4. The van der Waals surface area contributed by atoms with E-state index >= 15 is 0 Å². The van der Waals surface area contributed by atoms with Crippen LogP contribution in [0, 0.1) is 6.92 Å². The number of hydrogen-bond donors (Lipinski definition) is 2. The minimum absolute atomic E-state index is 0.300. The van der Waals surface area contributed by atoms with E-state index in [0.29, 0.717) is 18.2 Å². The normalized spacial score (nSPS) is 12.7. The van der Waals surface area contributed by atoms with Crippen molar-refractivity contribution in [2.75, 3.05) is 6.54 Å². The van der Waals surface area contributed by atoms with Crippen LogP contribution in [0.1, 0.15) is 30.4 Å². The van der Waals surface area contributed by atoms with Crippen molar-refractivity contribution >= 4 is 32.3 Å². The SMILES string of the molecule is CC[C@@H](CN)c1ccc(-c2c(O)cc(C)c3ncc4sccc4c23)cc1. The Labute approximate surface area is 157 Å². The van der Waals surface area contributed by atoms with Crippen LogP contribution in [-0.2, 0) is 0 Å². The number of thiophene rings is 1. The van der Waals surface area contributed by atoms with Crippen LogP contribution in [0.25, 0.3) is 32.1 Å². The Bertz CT molecular complexity index is 1080. The summed E-state index contributed by atoms with van der Waals surface area (Å²) in [4.78, 5) is 4.66. The van der Waals surface area contributed by atoms with Crippen molar-refractivity contribution in [2.24, 2.45) is 5.73 Å². The van der Waals surface area contributed by atoms with E-state index in [-0.39, 0.29) is 0 Å². The molecule has 0 amide bonds. The van der Waals surface area contributed by atoms with Crippen molar-refractivity contribution in [3.63, 3.8) is 0 Å². The van der Waals surface area contributed by atoms with Crippen molar-refractivity contribution in [1.29, 1.82) is 0 Å². The van der Waals surface area contributed by atoms with E-state index in [9.17, 15) is 5.11 Å². The second-order valence-corrected chi connectivity index (χ2v) is 7.68. The molecule has 3 nitrogen and oxygen atoms in total. The number of phenolic OH excluding ortho intramolecular Hbond substituents is 1. The van der Waals surface area contributed by atoms with Gasteiger partial charge in [0.25, 0.3) is 0 Å². The summed E-state index contributed by atoms with van der Waals surface area (Å²) >= 11 is 1.67. The Morgan fingerprint density at radius 2 is 1.96 bits per heavy atom. The molecule has 0 saturated carbocycles. The smallest absolute Gasteiger partial charge is 0.124 e. The summed E-state index contributed by atoms with van der Waals surface area (Å²) < 4.78 is 1.13. The summed E-state index contributed by atoms with van der Waals surface area (Å²) in [5.41, 5.74) is 10.9. The molecule has 0 saturated heterocycles. The molecule has 3 N–H and O–H groups in total. The van der Waals surface area contributed by atoms with Crippen LogP contribution in [-0.4, -0.2) is 16.6 Å². The Morgan fingerprint density at radius 1 is 1.19 bits per heavy atom. The second kappa shape index (κ2) is 6.71. The monoisotopic (exact) mass is 362 g/mol. The number of pyridine rings is 1. The molecule has 26 heavy (non-hydrogen) atoms. The van der Waals surface area contributed by atoms with Crippen molar-refractivity contribution < 1.29 is 5.11 Å². The molecule has 4 rings (SSSR count). The first-order valence-electron chi connectivity index (χ1n) is 8.93. The Kier molecular flexibility index (Phi) is 4.39. The van der Waals surface area contributed by atoms with Gasteiger partial charge in [0.15, 0.2) is 0 Å². The van der Waals surface area contributed by atoms with Gasteiger partial charge in [0.05, 0.1) is 10.2 Å². The van der Waals surface area contributed by atoms with E-state index in [1.807, 2.05) is 19.2 Å². The van der Waals surface area contributed by atoms with Crippen LogP contribution >= 0.6 is 11.3 Å². The third-order valence-electron chi connectivity index (χ3n) is 5.19. The van der Waals surface area contributed by atoms with E-state index in [1.54, 1.807) is 11.3 Å². The molecule has 0 aliphatic carbocycles. The van der Waals surface area contributed by atoms with Gasteiger partial charge in [-0.05, 0) is 60.0 Å². The van der Waals surface area contributed by atoms with Gasteiger partial charge >= 0.3 is 0 Å². The molecule has 1 atom stereocenters. The number of nitrogens with two attached hydrogens (primary N) is 1. The van der Waals surface area contributed by atoms with Gasteiger partial charge in [-0.2, -0.15) is 0 Å². The number of nitrogens with zero attached hydrogens (tertiary/aromatic N) is 1. The van der Waals surface area contributed by atoms with Gasteiger partial charge in [-0.3, -0.25) is 4.98 Å². The number of benzene rings is 2. The second-order valence-electron chi connectivity index (χ2n) is 6.73. The van der Waals surface area contributed by atoms with E-state index in [4.69, 9.17) is 5.73 Å². The van der Waals surface area contributed by atoms with Crippen LogP contribution in [0.4, 0.5) is 0 Å². The van der Waals surface area contributed by atoms with Crippen LogP contribution in [0.5, 0.6) is 5.75 Å². The standard InChI is InChI=1S/C22H22N2OS/c1-3-14(11-23)15-4-6-16(7-5-15)20-18(25)10-13(2)22-21(20)17-8-9-26-19(17)12-24-22/h4-10,12,14,25H,3,11,23H2,1-2H3/t14-/m0/s1. The van der Waals surface area contributed by atoms with Crippen LogP contribution in [0.15, 0.2) is 48.0 Å². The molecule has 0 spiro atoms. The molecule has 2 aromatic heterocycles. The van der Waals surface area contributed by atoms with Crippen molar-refractivity contribution in [3.05, 3.63) is 59.1 Å². The van der Waals surface area contributed by atoms with E-state index in [0.717, 1.165) is 44.1 Å². The van der Waals surface area contributed by atoms with Crippen LogP contribution in [0.3, 0.4) is 0 Å². The molecule has 0 unspecified atom stereocenters. The first kappa shape index (κ1) is 17.0. The third-order valence-corrected chi connectivity index (χ3v) is 6.04. The summed E-state index contributed by atoms with van der Waals surface area (Å²) in [6.45, 7) is 4.80. The molecular weight excluding hydrogens is 340 g/mol. The fraction of sp³-hybridized carbons (Fsp3) is 0.227. The lowest BCUT2D eigenvalue weighted by Gasteiger charge is -2.15. The van der Waals surface area contributed by atoms with Crippen molar-refractivity contribution in [2.45, 2.75) is 26.2 Å². The van der Waals surface area contributed by atoms with Gasteiger partial charge in [0, 0.05) is 22.5 Å². The molecule has 4 heteroatoms. The molecule has 0 fully saturated rings. The first-order valence-corrected chi connectivity index (χ1v) is 9.80. The molecular formula is C22H22N2OS. The Balaban J connectivity index is 1.98. The molecule has 0 bridgehead atoms. The minimum atomic E-state index is 0.300. The summed E-state index contributed by atoms with van der Waals surface area (Å²) in [6.07, 6.45) is 2.94. The molecule has 0 aliphatic rings. The average molecular weight is 362 g/mol. The minimum Gasteiger partial charge on any atom is -0.507 e. The largest absolute Gasteiger partial charge is 0.507 e. The maximum atomic E-state index is 10.8. The van der Waals surface area contributed by atoms with Crippen LogP contribution < -0.4 is 5.73 Å². The van der Waals surface area contributed by atoms with Crippen molar-refractivity contribution in [3.8, 4) is 16.9 Å². The lowest BCUT2D eigenvalue weighted by molar-refractivity contribution is 0.477. The molecule has 2 heterocycles. The van der Waals surface area contributed by atoms with Gasteiger partial charge in [-0.1, -0.05) is 31.2 Å². The lowest BCUT2D eigenvalue weighted by Crippen LogP contribution is -2.11. The summed E-state index contributed by atoms with van der Waals surface area (Å²) in [5.74, 6) is 0.673. The van der Waals surface area contributed by atoms with Gasteiger partial charge < -0.3 is 10.8 Å². The fourth-order valence-corrected chi connectivity index (χ4v) is 4.48. The molecule has 4 aromatic rings. The zero-order valence-electron chi connectivity index (χ0n) is 15.0. The molecule has 0 aliphatic heterocycles. The maximum absolute atomic E-state index is 10.8. The van der Waals surface area contributed by atoms with Gasteiger partial charge in [0.1, 0.15) is 5.75 Å². The maximum Gasteiger partial charge on any atom is 0.124 e. The number of fused-ring (bicyclic) bond motifs is 3. The predicted octanol–water partition coefficient (Wildman–Crippen LogP) is 5.58. The topological polar surface area (TPSA) is 59.1 Å². The predicted molar refractivity (Wildman–Crippen MR) is 111 cm³/mol. The zero-order chi connectivity index (χ0) is 18.3. The molecule has 0 radical (unpaired) electrons. The number of aromatic hydroxyl groups is 1. The van der Waals surface area contributed by atoms with Gasteiger partial charge in [0.2, 0.25) is 0 Å². The molecule has 132 valence electrons. The van der Waals surface area contributed by atoms with Gasteiger partial charge in [-0.15, -0.1) is 11.3 Å². The highest BCUT2D eigenvalue weighted by Gasteiger charge is 2.17. The summed E-state index contributed by atoms with van der Waals surface area (Å²) in [7, 11) is 0. The first-order chi connectivity index (χ1) is 12.6. The third kappa shape index (κ3) is 2.66. The number of aromatic nitrogens is 1. The van der Waals surface area contributed by atoms with E-state index in [2.05, 4.69) is 47.6 Å². The molecule has 2 aromatic carbocycles. The number of hydrogen-bond acceptors (Lipinski definition) is 4. The Morgan fingerprint density at radius 3 is 2.65 bits per heavy atom. The highest BCUT2D eigenvalue weighted by molar-refractivity contribution is 7.17. The highest BCUT2D eigenvalue weighted by atomic mass is 32.1. The van der Waals surface area contributed by atoms with Crippen molar-refractivity contribution in [1.82, 2.24) is 4.98 Å². The van der Waals surface area contributed by atoms with Crippen LogP contribution in [0.2, 0.25) is 0 Å². The number of rotatable bonds is 4. The number of phenols is 1. The average Bonchev–Trinajstić information content (AvgIpc) is 3.13. The summed E-state index contributed by atoms with van der Waals surface area (Å²) in [5, 5.41) is 15.0. The van der Waals surface area contributed by atoms with Gasteiger partial charge in [-0.25, -0.2) is 0 Å². The van der Waals surface area contributed by atoms with E-state index in [1.165, 1.54) is 5.56 Å². The fourth-order valence-electron chi connectivity index (χ4n) is 3.72. The quantitative estimate of drug-likeness (QED) is 0.498. The zero-order valence-corrected chi connectivity index (χ0v) is 15.8. The Hall–Kier alpha value is -2.43. The van der Waals surface area contributed by atoms with E-state index < -0.39 is 0 Å². The highest BCUT2D eigenvalue weighted by Crippen LogP contribution is 2.42. The number of aryl methyl sites for hydroxylation is 1. The lowest BCUT2D eigenvalue weighted by atomic mass is 9.91.